The molecule has 0 fully saturated rings. The van der Waals surface area contributed by atoms with Crippen LogP contribution in [0.25, 0.3) is 0 Å². The molecule has 3 rings (SSSR count). The molecule has 1 atom stereocenters. The first kappa shape index (κ1) is 12.3. The van der Waals surface area contributed by atoms with Crippen molar-refractivity contribution in [3.05, 3.63) is 47.3 Å². The van der Waals surface area contributed by atoms with Crippen LogP contribution in [0.15, 0.2) is 24.3 Å². The molecule has 0 aliphatic carbocycles. The maximum Gasteiger partial charge on any atom is 0.155 e. The number of rotatable bonds is 3. The molecule has 1 N–H and O–H groups in total. The van der Waals surface area contributed by atoms with E-state index in [2.05, 4.69) is 10.1 Å². The molecule has 0 saturated carbocycles. The Morgan fingerprint density at radius 1 is 1.37 bits per heavy atom. The lowest BCUT2D eigenvalue weighted by atomic mass is 10.0. The van der Waals surface area contributed by atoms with Crippen molar-refractivity contribution in [2.45, 2.75) is 25.8 Å². The van der Waals surface area contributed by atoms with Crippen molar-refractivity contribution in [3.63, 3.8) is 0 Å². The highest BCUT2D eigenvalue weighted by atomic mass is 19.1. The van der Waals surface area contributed by atoms with E-state index >= 15 is 0 Å². The summed E-state index contributed by atoms with van der Waals surface area (Å²) in [5.74, 6) is 1.63. The Bertz CT molecular complexity index is 582. The molecule has 2 aromatic rings. The van der Waals surface area contributed by atoms with Gasteiger partial charge in [-0.25, -0.2) is 14.1 Å². The summed E-state index contributed by atoms with van der Waals surface area (Å²) in [7, 11) is 0. The number of hydrogen-bond acceptors (Lipinski definition) is 3. The van der Waals surface area contributed by atoms with Gasteiger partial charge in [-0.2, -0.15) is 5.10 Å². The van der Waals surface area contributed by atoms with E-state index in [1.807, 2.05) is 10.7 Å². The summed E-state index contributed by atoms with van der Waals surface area (Å²) in [5, 5.41) is 13.6. The average molecular weight is 261 g/mol. The molecule has 0 bridgehead atoms. The van der Waals surface area contributed by atoms with Crippen molar-refractivity contribution in [1.29, 1.82) is 0 Å². The molecule has 1 aliphatic rings. The van der Waals surface area contributed by atoms with Crippen LogP contribution in [0.3, 0.4) is 0 Å². The minimum Gasteiger partial charge on any atom is -0.396 e. The molecule has 1 aromatic carbocycles. The van der Waals surface area contributed by atoms with Gasteiger partial charge in [0, 0.05) is 31.9 Å². The van der Waals surface area contributed by atoms with E-state index in [0.717, 1.165) is 18.7 Å². The van der Waals surface area contributed by atoms with Gasteiger partial charge in [-0.3, -0.25) is 0 Å². The van der Waals surface area contributed by atoms with E-state index in [-0.39, 0.29) is 18.3 Å². The molecule has 1 unspecified atom stereocenters. The largest absolute Gasteiger partial charge is 0.396 e. The predicted octanol–water partition coefficient (Wildman–Crippen LogP) is 1.56. The van der Waals surface area contributed by atoms with Crippen molar-refractivity contribution in [3.8, 4) is 0 Å². The third kappa shape index (κ3) is 2.51. The maximum absolute atomic E-state index is 13.6. The molecule has 0 amide bonds. The fourth-order valence-corrected chi connectivity index (χ4v) is 2.46. The van der Waals surface area contributed by atoms with E-state index in [4.69, 9.17) is 0 Å². The van der Waals surface area contributed by atoms with Crippen LogP contribution >= 0.6 is 0 Å². The van der Waals surface area contributed by atoms with E-state index in [0.29, 0.717) is 24.4 Å². The summed E-state index contributed by atoms with van der Waals surface area (Å²) in [6.45, 7) is 0.887. The minimum atomic E-state index is -0.219. The normalized spacial score (nSPS) is 18.3. The van der Waals surface area contributed by atoms with Crippen LogP contribution in [0, 0.1) is 11.7 Å². The van der Waals surface area contributed by atoms with E-state index in [1.165, 1.54) is 6.07 Å². The predicted molar refractivity (Wildman–Crippen MR) is 68.1 cm³/mol. The van der Waals surface area contributed by atoms with Gasteiger partial charge < -0.3 is 5.11 Å². The zero-order valence-electron chi connectivity index (χ0n) is 10.6. The summed E-state index contributed by atoms with van der Waals surface area (Å²) in [5.41, 5.74) is 0.615. The number of halogens is 1. The lowest BCUT2D eigenvalue weighted by molar-refractivity contribution is 0.185. The highest BCUT2D eigenvalue weighted by Crippen LogP contribution is 2.19. The Hall–Kier alpha value is -1.75. The van der Waals surface area contributed by atoms with Gasteiger partial charge in [0.1, 0.15) is 11.6 Å². The van der Waals surface area contributed by atoms with Crippen LogP contribution in [0.5, 0.6) is 0 Å². The van der Waals surface area contributed by atoms with Crippen molar-refractivity contribution in [2.75, 3.05) is 6.61 Å². The van der Waals surface area contributed by atoms with Crippen molar-refractivity contribution < 1.29 is 9.50 Å². The van der Waals surface area contributed by atoms with Gasteiger partial charge in [0.05, 0.1) is 0 Å². The highest BCUT2D eigenvalue weighted by Gasteiger charge is 2.21. The molecule has 100 valence electrons. The Kier molecular flexibility index (Phi) is 3.29. The fourth-order valence-electron chi connectivity index (χ4n) is 2.46. The van der Waals surface area contributed by atoms with Gasteiger partial charge in [-0.05, 0) is 18.1 Å². The van der Waals surface area contributed by atoms with Crippen LogP contribution < -0.4 is 0 Å². The van der Waals surface area contributed by atoms with Crippen molar-refractivity contribution in [1.82, 2.24) is 14.8 Å². The van der Waals surface area contributed by atoms with E-state index in [1.54, 1.807) is 12.1 Å². The summed E-state index contributed by atoms with van der Waals surface area (Å²) in [4.78, 5) is 4.46. The molecule has 5 heteroatoms. The van der Waals surface area contributed by atoms with Gasteiger partial charge >= 0.3 is 0 Å². The lowest BCUT2D eigenvalue weighted by Gasteiger charge is -2.19. The molecule has 0 radical (unpaired) electrons. The second-order valence-corrected chi connectivity index (χ2v) is 4.98. The third-order valence-electron chi connectivity index (χ3n) is 3.56. The molecule has 4 nitrogen and oxygen atoms in total. The SMILES string of the molecule is OCC1CCc2nc(Cc3ccccc3F)nn2C1. The van der Waals surface area contributed by atoms with Gasteiger partial charge in [0.15, 0.2) is 5.82 Å². The molecule has 1 aromatic heterocycles. The van der Waals surface area contributed by atoms with Gasteiger partial charge in [0.25, 0.3) is 0 Å². The second kappa shape index (κ2) is 5.09. The highest BCUT2D eigenvalue weighted by molar-refractivity contribution is 5.21. The first-order chi connectivity index (χ1) is 9.26. The van der Waals surface area contributed by atoms with Gasteiger partial charge in [0.2, 0.25) is 0 Å². The number of nitrogens with zero attached hydrogens (tertiary/aromatic N) is 3. The summed E-state index contributed by atoms with van der Waals surface area (Å²) in [6.07, 6.45) is 2.18. The molecule has 0 spiro atoms. The Morgan fingerprint density at radius 3 is 3.00 bits per heavy atom. The smallest absolute Gasteiger partial charge is 0.155 e. The Balaban J connectivity index is 1.80. The lowest BCUT2D eigenvalue weighted by Crippen LogP contribution is -2.23. The Morgan fingerprint density at radius 2 is 2.21 bits per heavy atom. The number of aliphatic hydroxyl groups is 1. The number of fused-ring (bicyclic) bond motifs is 1. The zero-order valence-corrected chi connectivity index (χ0v) is 10.6. The van der Waals surface area contributed by atoms with Crippen molar-refractivity contribution in [2.24, 2.45) is 5.92 Å². The third-order valence-corrected chi connectivity index (χ3v) is 3.56. The van der Waals surface area contributed by atoms with Crippen LogP contribution in [-0.4, -0.2) is 26.5 Å². The number of aromatic nitrogens is 3. The number of aryl methyl sites for hydroxylation is 1. The van der Waals surface area contributed by atoms with Crippen molar-refractivity contribution >= 4 is 0 Å². The molecular weight excluding hydrogens is 245 g/mol. The summed E-state index contributed by atoms with van der Waals surface area (Å²) < 4.78 is 15.4. The molecule has 2 heterocycles. The summed E-state index contributed by atoms with van der Waals surface area (Å²) in [6, 6.07) is 6.70. The zero-order chi connectivity index (χ0) is 13.2. The van der Waals surface area contributed by atoms with Gasteiger partial charge in [-0.1, -0.05) is 18.2 Å². The van der Waals surface area contributed by atoms with Crippen LogP contribution in [0.1, 0.15) is 23.6 Å². The quantitative estimate of drug-likeness (QED) is 0.912. The second-order valence-electron chi connectivity index (χ2n) is 4.98. The van der Waals surface area contributed by atoms with Gasteiger partial charge in [-0.15, -0.1) is 0 Å². The van der Waals surface area contributed by atoms with Crippen LogP contribution in [0.4, 0.5) is 4.39 Å². The number of aliphatic hydroxyl groups excluding tert-OH is 1. The average Bonchev–Trinajstić information content (AvgIpc) is 2.82. The monoisotopic (exact) mass is 261 g/mol. The fraction of sp³-hybridized carbons (Fsp3) is 0.429. The Labute approximate surface area is 110 Å². The maximum atomic E-state index is 13.6. The molecular formula is C14H16FN3O. The minimum absolute atomic E-state index is 0.182. The van der Waals surface area contributed by atoms with E-state index in [9.17, 15) is 9.50 Å². The number of hydrogen-bond donors (Lipinski definition) is 1. The first-order valence-electron chi connectivity index (χ1n) is 6.53. The molecule has 19 heavy (non-hydrogen) atoms. The van der Waals surface area contributed by atoms with Crippen LogP contribution in [0.2, 0.25) is 0 Å². The molecule has 1 aliphatic heterocycles. The summed E-state index contributed by atoms with van der Waals surface area (Å²) >= 11 is 0. The van der Waals surface area contributed by atoms with E-state index < -0.39 is 0 Å². The topological polar surface area (TPSA) is 50.9 Å². The standard InChI is InChI=1S/C14H16FN3O/c15-12-4-2-1-3-11(12)7-13-16-14-6-5-10(9-19)8-18(14)17-13/h1-4,10,19H,5-9H2. The number of benzene rings is 1. The molecule has 0 saturated heterocycles. The first-order valence-corrected chi connectivity index (χ1v) is 6.53. The van der Waals surface area contributed by atoms with Crippen LogP contribution in [-0.2, 0) is 19.4 Å².